The molecule has 0 saturated heterocycles. The lowest BCUT2D eigenvalue weighted by Gasteiger charge is -2.00. The van der Waals surface area contributed by atoms with E-state index in [1.54, 1.807) is 6.92 Å². The Balaban J connectivity index is 2.86. The second-order valence-electron chi connectivity index (χ2n) is 2.14. The molecule has 0 spiro atoms. The molecule has 0 aliphatic heterocycles. The molecule has 0 N–H and O–H groups in total. The van der Waals surface area contributed by atoms with Crippen molar-refractivity contribution in [2.24, 2.45) is 5.16 Å². The number of esters is 1. The third-order valence-electron chi connectivity index (χ3n) is 1.26. The zero-order chi connectivity index (χ0) is 10.4. The Morgan fingerprint density at radius 2 is 2.50 bits per heavy atom. The smallest absolute Gasteiger partial charge is 0.362 e. The van der Waals surface area contributed by atoms with Gasteiger partial charge in [-0.05, 0) is 6.92 Å². The molecule has 0 bridgehead atoms. The summed E-state index contributed by atoms with van der Waals surface area (Å²) in [4.78, 5) is 15.9. The van der Waals surface area contributed by atoms with Gasteiger partial charge in [-0.15, -0.1) is 0 Å². The van der Waals surface area contributed by atoms with Crippen molar-refractivity contribution in [1.82, 2.24) is 8.75 Å². The van der Waals surface area contributed by atoms with E-state index in [1.807, 2.05) is 0 Å². The lowest BCUT2D eigenvalue weighted by molar-refractivity contribution is -0.135. The molecule has 7 heteroatoms. The van der Waals surface area contributed by atoms with Crippen LogP contribution in [0.15, 0.2) is 11.4 Å². The van der Waals surface area contributed by atoms with Gasteiger partial charge in [0, 0.05) is 0 Å². The van der Waals surface area contributed by atoms with Crippen LogP contribution in [0.3, 0.4) is 0 Å². The maximum absolute atomic E-state index is 11.3. The minimum absolute atomic E-state index is 0.0306. The Labute approximate surface area is 84.9 Å². The monoisotopic (exact) mass is 215 g/mol. The van der Waals surface area contributed by atoms with Crippen LogP contribution in [0.5, 0.6) is 0 Å². The number of hydrogen-bond acceptors (Lipinski definition) is 7. The molecule has 0 aliphatic carbocycles. The molecular weight excluding hydrogens is 206 g/mol. The van der Waals surface area contributed by atoms with E-state index in [2.05, 4.69) is 18.7 Å². The molecule has 0 radical (unpaired) electrons. The highest BCUT2D eigenvalue weighted by molar-refractivity contribution is 6.99. The maximum Gasteiger partial charge on any atom is 0.362 e. The normalized spacial score (nSPS) is 11.1. The van der Waals surface area contributed by atoms with Gasteiger partial charge in [0.2, 0.25) is 5.71 Å². The van der Waals surface area contributed by atoms with Crippen molar-refractivity contribution in [3.05, 3.63) is 11.9 Å². The van der Waals surface area contributed by atoms with Crippen molar-refractivity contribution >= 4 is 23.4 Å². The summed E-state index contributed by atoms with van der Waals surface area (Å²) in [5.74, 6) is -0.568. The highest BCUT2D eigenvalue weighted by Gasteiger charge is 2.18. The predicted molar refractivity (Wildman–Crippen MR) is 50.1 cm³/mol. The van der Waals surface area contributed by atoms with Crippen molar-refractivity contribution in [3.8, 4) is 0 Å². The van der Waals surface area contributed by atoms with Gasteiger partial charge in [-0.3, -0.25) is 0 Å². The van der Waals surface area contributed by atoms with Crippen molar-refractivity contribution in [2.75, 3.05) is 13.7 Å². The van der Waals surface area contributed by atoms with E-state index in [0.29, 0.717) is 5.69 Å². The van der Waals surface area contributed by atoms with E-state index in [9.17, 15) is 4.79 Å². The molecule has 1 heterocycles. The number of oxime groups is 1. The van der Waals surface area contributed by atoms with Gasteiger partial charge in [-0.25, -0.2) is 4.79 Å². The summed E-state index contributed by atoms with van der Waals surface area (Å²) in [5.41, 5.74) is 0.387. The number of carbonyl (C=O) groups excluding carboxylic acids is 1. The molecule has 0 aromatic carbocycles. The highest BCUT2D eigenvalue weighted by Crippen LogP contribution is 2.01. The zero-order valence-electron chi connectivity index (χ0n) is 7.76. The molecule has 6 nitrogen and oxygen atoms in total. The topological polar surface area (TPSA) is 73.7 Å². The van der Waals surface area contributed by atoms with Gasteiger partial charge in [-0.2, -0.15) is 8.75 Å². The van der Waals surface area contributed by atoms with E-state index >= 15 is 0 Å². The summed E-state index contributed by atoms with van der Waals surface area (Å²) in [5, 5.41) is 3.53. The summed E-state index contributed by atoms with van der Waals surface area (Å²) in [6, 6.07) is 0. The molecule has 0 aliphatic rings. The number of hydrogen-bond donors (Lipinski definition) is 0. The van der Waals surface area contributed by atoms with Crippen LogP contribution in [0.1, 0.15) is 12.6 Å². The van der Waals surface area contributed by atoms with Crippen LogP contribution in [0.2, 0.25) is 0 Å². The second kappa shape index (κ2) is 5.28. The van der Waals surface area contributed by atoms with E-state index < -0.39 is 5.97 Å². The largest absolute Gasteiger partial charge is 0.461 e. The summed E-state index contributed by atoms with van der Waals surface area (Å²) in [7, 11) is 1.35. The first-order chi connectivity index (χ1) is 6.79. The van der Waals surface area contributed by atoms with Gasteiger partial charge in [0.1, 0.15) is 12.8 Å². The Kier molecular flexibility index (Phi) is 3.99. The minimum atomic E-state index is -0.568. The van der Waals surface area contributed by atoms with Gasteiger partial charge in [0.05, 0.1) is 24.5 Å². The van der Waals surface area contributed by atoms with Crippen LogP contribution in [-0.4, -0.2) is 34.1 Å². The average Bonchev–Trinajstić information content (AvgIpc) is 2.67. The van der Waals surface area contributed by atoms with Crippen molar-refractivity contribution in [1.29, 1.82) is 0 Å². The predicted octanol–water partition coefficient (Wildman–Crippen LogP) is 0.452. The Bertz CT molecular complexity index is 323. The Hall–Kier alpha value is -1.50. The van der Waals surface area contributed by atoms with E-state index in [1.165, 1.54) is 13.3 Å². The van der Waals surface area contributed by atoms with Crippen LogP contribution in [-0.2, 0) is 14.4 Å². The quantitative estimate of drug-likeness (QED) is 0.414. The number of ether oxygens (including phenoxy) is 1. The summed E-state index contributed by atoms with van der Waals surface area (Å²) in [6.07, 6.45) is 1.43. The van der Waals surface area contributed by atoms with Crippen LogP contribution in [0.4, 0.5) is 0 Å². The first kappa shape index (κ1) is 10.6. The molecule has 1 rings (SSSR count). The molecule has 0 amide bonds. The lowest BCUT2D eigenvalue weighted by Crippen LogP contribution is -2.19. The fraction of sp³-hybridized carbons (Fsp3) is 0.429. The van der Waals surface area contributed by atoms with Crippen molar-refractivity contribution < 1.29 is 14.4 Å². The minimum Gasteiger partial charge on any atom is -0.461 e. The lowest BCUT2D eigenvalue weighted by atomic mass is 10.3. The Morgan fingerprint density at radius 3 is 3.00 bits per heavy atom. The van der Waals surface area contributed by atoms with Gasteiger partial charge < -0.3 is 9.57 Å². The third kappa shape index (κ3) is 2.49. The van der Waals surface area contributed by atoms with Gasteiger partial charge in [0.15, 0.2) is 0 Å². The number of nitrogens with zero attached hydrogens (tertiary/aromatic N) is 3. The van der Waals surface area contributed by atoms with E-state index in [0.717, 1.165) is 11.7 Å². The number of carbonyl (C=O) groups is 1. The van der Waals surface area contributed by atoms with E-state index in [-0.39, 0.29) is 12.3 Å². The van der Waals surface area contributed by atoms with Crippen LogP contribution >= 0.6 is 11.7 Å². The summed E-state index contributed by atoms with van der Waals surface area (Å²) < 4.78 is 12.4. The van der Waals surface area contributed by atoms with Gasteiger partial charge >= 0.3 is 5.97 Å². The first-order valence-electron chi connectivity index (χ1n) is 3.85. The molecular formula is C7H9N3O3S. The van der Waals surface area contributed by atoms with Gasteiger partial charge in [-0.1, -0.05) is 5.16 Å². The first-order valence-corrected chi connectivity index (χ1v) is 4.58. The van der Waals surface area contributed by atoms with E-state index in [4.69, 9.17) is 4.74 Å². The molecule has 1 aromatic heterocycles. The summed E-state index contributed by atoms with van der Waals surface area (Å²) in [6.45, 7) is 1.99. The van der Waals surface area contributed by atoms with Crippen molar-refractivity contribution in [3.63, 3.8) is 0 Å². The molecule has 1 aromatic rings. The number of rotatable bonds is 4. The second-order valence-corrected chi connectivity index (χ2v) is 2.69. The molecule has 0 unspecified atom stereocenters. The molecule has 14 heavy (non-hydrogen) atoms. The maximum atomic E-state index is 11.3. The average molecular weight is 215 g/mol. The van der Waals surface area contributed by atoms with Crippen LogP contribution < -0.4 is 0 Å². The third-order valence-corrected chi connectivity index (χ3v) is 1.73. The van der Waals surface area contributed by atoms with Crippen molar-refractivity contribution in [2.45, 2.75) is 6.92 Å². The highest BCUT2D eigenvalue weighted by atomic mass is 32.1. The van der Waals surface area contributed by atoms with Gasteiger partial charge in [0.25, 0.3) is 0 Å². The number of aromatic nitrogens is 2. The molecule has 0 fully saturated rings. The standard InChI is InChI=1S/C7H9N3O3S/c1-3-13-7(11)6(9-12-2)5-4-8-14-10-5/h4H,3H2,1-2H3. The molecule has 76 valence electrons. The van der Waals surface area contributed by atoms with Crippen LogP contribution in [0.25, 0.3) is 0 Å². The van der Waals surface area contributed by atoms with Crippen LogP contribution in [0, 0.1) is 0 Å². The fourth-order valence-corrected chi connectivity index (χ4v) is 1.16. The summed E-state index contributed by atoms with van der Waals surface area (Å²) >= 11 is 0.985. The molecule has 0 saturated carbocycles. The molecule has 0 atom stereocenters. The zero-order valence-corrected chi connectivity index (χ0v) is 8.58. The fourth-order valence-electron chi connectivity index (χ4n) is 0.748. The Morgan fingerprint density at radius 1 is 1.71 bits per heavy atom. The SMILES string of the molecule is CCOC(=O)C(=NOC)c1cnsn1.